The van der Waals surface area contributed by atoms with E-state index >= 15 is 0 Å². The fraction of sp³-hybridized carbons (Fsp3) is 0.174. The normalized spacial score (nSPS) is 13.3. The van der Waals surface area contributed by atoms with Crippen LogP contribution in [0.5, 0.6) is 11.5 Å². The topological polar surface area (TPSA) is 208 Å². The predicted molar refractivity (Wildman–Crippen MR) is 227 cm³/mol. The molecule has 1 saturated carbocycles. The molecule has 60 heavy (non-hydrogen) atoms. The van der Waals surface area contributed by atoms with E-state index < -0.39 is 38.7 Å². The van der Waals surface area contributed by atoms with Gasteiger partial charge in [0.2, 0.25) is 11.5 Å². The van der Waals surface area contributed by atoms with Gasteiger partial charge in [-0.2, -0.15) is 0 Å². The van der Waals surface area contributed by atoms with Crippen molar-refractivity contribution in [3.05, 3.63) is 134 Å². The third-order valence-corrected chi connectivity index (χ3v) is 11.4. The number of aromatic hydroxyl groups is 2. The third kappa shape index (κ3) is 6.38. The Bertz CT molecular complexity index is 3130. The summed E-state index contributed by atoms with van der Waals surface area (Å²) in [6, 6.07) is 25.7. The maximum atomic E-state index is 13.6. The fourth-order valence-corrected chi connectivity index (χ4v) is 8.70. The van der Waals surface area contributed by atoms with Crippen LogP contribution in [-0.4, -0.2) is 50.7 Å². The molecule has 1 aliphatic carbocycles. The number of nitro benzene ring substituents is 2. The number of benzene rings is 5. The minimum atomic E-state index is -1.30. The highest BCUT2D eigenvalue weighted by atomic mass is 16.6. The smallest absolute Gasteiger partial charge is 0.337 e. The van der Waals surface area contributed by atoms with Crippen molar-refractivity contribution in [2.45, 2.75) is 52.0 Å². The Balaban J connectivity index is 1.33. The Hall–Kier alpha value is -7.74. The van der Waals surface area contributed by atoms with Crippen LogP contribution in [0.25, 0.3) is 77.7 Å². The molecule has 5 aromatic carbocycles. The van der Waals surface area contributed by atoms with Gasteiger partial charge in [-0.3, -0.25) is 25.2 Å². The SMILES string of the molecule is Cc1cc(-c2ccc3cc(-c4nc5c(-c6ccc7ncccc7c6)c(C(=O)O)c(-c6cc(C)cc([N+](=O)[O-])c6O)cc5n4C4CCCCC4)ccc3n2)c(O)c([N+](=O)[O-])c1. The van der Waals surface area contributed by atoms with Crippen molar-refractivity contribution >= 4 is 50.2 Å². The van der Waals surface area contributed by atoms with Gasteiger partial charge in [-0.15, -0.1) is 0 Å². The van der Waals surface area contributed by atoms with Gasteiger partial charge in [0.15, 0.2) is 0 Å². The molecule has 14 nitrogen and oxygen atoms in total. The van der Waals surface area contributed by atoms with E-state index in [0.717, 1.165) is 42.9 Å². The van der Waals surface area contributed by atoms with E-state index in [0.29, 0.717) is 61.4 Å². The predicted octanol–water partition coefficient (Wildman–Crippen LogP) is 10.8. The molecular formula is C46H36N6O8. The molecule has 298 valence electrons. The summed E-state index contributed by atoms with van der Waals surface area (Å²) in [5.74, 6) is -1.84. The molecule has 0 amide bonds. The number of phenolic OH excluding ortho intramolecular Hbond substituents is 2. The molecule has 1 fully saturated rings. The van der Waals surface area contributed by atoms with Gasteiger partial charge in [-0.25, -0.2) is 14.8 Å². The zero-order valence-corrected chi connectivity index (χ0v) is 32.4. The number of pyridine rings is 2. The van der Waals surface area contributed by atoms with Crippen LogP contribution in [0.3, 0.4) is 0 Å². The fourth-order valence-electron chi connectivity index (χ4n) is 8.70. The zero-order chi connectivity index (χ0) is 42.0. The maximum Gasteiger partial charge on any atom is 0.337 e. The summed E-state index contributed by atoms with van der Waals surface area (Å²) in [4.78, 5) is 50.6. The van der Waals surface area contributed by atoms with E-state index in [-0.39, 0.29) is 28.3 Å². The second kappa shape index (κ2) is 14.6. The van der Waals surface area contributed by atoms with Crippen molar-refractivity contribution in [1.29, 1.82) is 0 Å². The number of nitrogens with zero attached hydrogens (tertiary/aromatic N) is 6. The summed E-state index contributed by atoms with van der Waals surface area (Å²) in [5.41, 5.74) is 4.49. The molecule has 3 aromatic heterocycles. The number of phenols is 2. The third-order valence-electron chi connectivity index (χ3n) is 11.4. The van der Waals surface area contributed by atoms with E-state index in [1.165, 1.54) is 12.1 Å². The first-order valence-corrected chi connectivity index (χ1v) is 19.4. The molecule has 9 rings (SSSR count). The second-order valence-electron chi connectivity index (χ2n) is 15.3. The first-order chi connectivity index (χ1) is 28.9. The van der Waals surface area contributed by atoms with Gasteiger partial charge in [0.1, 0.15) is 5.82 Å². The number of hydrogen-bond donors (Lipinski definition) is 3. The molecule has 0 saturated heterocycles. The highest BCUT2D eigenvalue weighted by Crippen LogP contribution is 2.47. The quantitative estimate of drug-likeness (QED) is 0.0972. The van der Waals surface area contributed by atoms with Gasteiger partial charge < -0.3 is 19.9 Å². The molecule has 3 N–H and O–H groups in total. The Labute approximate surface area is 341 Å². The minimum absolute atomic E-state index is 0.0141. The van der Waals surface area contributed by atoms with E-state index in [2.05, 4.69) is 9.55 Å². The van der Waals surface area contributed by atoms with Crippen LogP contribution in [0.4, 0.5) is 11.4 Å². The number of aromatic nitrogens is 4. The van der Waals surface area contributed by atoms with Crippen molar-refractivity contribution in [3.8, 4) is 56.4 Å². The highest BCUT2D eigenvalue weighted by molar-refractivity contribution is 6.13. The summed E-state index contributed by atoms with van der Waals surface area (Å²) in [6.07, 6.45) is 6.33. The second-order valence-corrected chi connectivity index (χ2v) is 15.3. The first kappa shape index (κ1) is 37.8. The molecular weight excluding hydrogens is 765 g/mol. The first-order valence-electron chi connectivity index (χ1n) is 19.4. The Morgan fingerprint density at radius 1 is 0.717 bits per heavy atom. The van der Waals surface area contributed by atoms with Crippen LogP contribution >= 0.6 is 0 Å². The number of rotatable bonds is 8. The van der Waals surface area contributed by atoms with Gasteiger partial charge in [0, 0.05) is 63.0 Å². The maximum absolute atomic E-state index is 13.6. The molecule has 0 aliphatic heterocycles. The van der Waals surface area contributed by atoms with Crippen LogP contribution in [0.1, 0.15) is 59.6 Å². The van der Waals surface area contributed by atoms with Crippen LogP contribution in [0.2, 0.25) is 0 Å². The average Bonchev–Trinajstić information content (AvgIpc) is 3.63. The van der Waals surface area contributed by atoms with Crippen molar-refractivity contribution in [2.24, 2.45) is 0 Å². The number of hydrogen-bond acceptors (Lipinski definition) is 10. The van der Waals surface area contributed by atoms with E-state index in [1.807, 2.05) is 42.5 Å². The highest BCUT2D eigenvalue weighted by Gasteiger charge is 2.32. The Kier molecular flexibility index (Phi) is 9.19. The number of aromatic carboxylic acids is 1. The van der Waals surface area contributed by atoms with Crippen LogP contribution in [0, 0.1) is 34.1 Å². The summed E-state index contributed by atoms with van der Waals surface area (Å²) in [5, 5.41) is 58.7. The zero-order valence-electron chi connectivity index (χ0n) is 32.4. The van der Waals surface area contributed by atoms with Crippen LogP contribution < -0.4 is 0 Å². The number of carboxylic acid groups (broad SMARTS) is 1. The molecule has 0 bridgehead atoms. The summed E-state index contributed by atoms with van der Waals surface area (Å²) in [7, 11) is 0. The number of carboxylic acids is 1. The number of nitro groups is 2. The standard InChI is InChI=1S/C46H36N6O8/c1-24-17-32(43(53)38(19-24)51(57)58)31-23-37-42(40(41(31)46(55)56)28-11-13-34-26(21-28)7-6-16-47-34)49-45(50(37)30-8-4-3-5-9-30)29-12-14-35-27(22-29)10-15-36(48-35)33-18-25(2)20-39(44(33)54)52(59)60/h6-7,10-23,30,53-54H,3-5,8-9H2,1-2H3,(H,55,56). The summed E-state index contributed by atoms with van der Waals surface area (Å²) in [6.45, 7) is 3.36. The molecule has 0 atom stereocenters. The lowest BCUT2D eigenvalue weighted by Crippen LogP contribution is -2.14. The minimum Gasteiger partial charge on any atom is -0.502 e. The summed E-state index contributed by atoms with van der Waals surface area (Å²) < 4.78 is 2.14. The number of fused-ring (bicyclic) bond motifs is 3. The monoisotopic (exact) mass is 800 g/mol. The summed E-state index contributed by atoms with van der Waals surface area (Å²) >= 11 is 0. The van der Waals surface area contributed by atoms with Gasteiger partial charge in [0.05, 0.1) is 43.2 Å². The van der Waals surface area contributed by atoms with E-state index in [9.17, 15) is 40.3 Å². The van der Waals surface area contributed by atoms with Crippen LogP contribution in [0.15, 0.2) is 97.2 Å². The lowest BCUT2D eigenvalue weighted by Gasteiger charge is -2.26. The van der Waals surface area contributed by atoms with E-state index in [4.69, 9.17) is 9.97 Å². The molecule has 0 radical (unpaired) electrons. The number of imidazole rings is 1. The van der Waals surface area contributed by atoms with Gasteiger partial charge in [0.25, 0.3) is 0 Å². The van der Waals surface area contributed by atoms with Gasteiger partial charge in [-0.05, 0) is 104 Å². The molecule has 3 heterocycles. The van der Waals surface area contributed by atoms with E-state index in [1.54, 1.807) is 56.4 Å². The molecule has 8 aromatic rings. The van der Waals surface area contributed by atoms with Gasteiger partial charge in [-0.1, -0.05) is 37.5 Å². The average molecular weight is 801 g/mol. The van der Waals surface area contributed by atoms with Crippen molar-refractivity contribution in [3.63, 3.8) is 0 Å². The van der Waals surface area contributed by atoms with Gasteiger partial charge >= 0.3 is 17.3 Å². The lowest BCUT2D eigenvalue weighted by atomic mass is 9.88. The van der Waals surface area contributed by atoms with Crippen molar-refractivity contribution < 1.29 is 30.0 Å². The molecule has 14 heteroatoms. The molecule has 1 aliphatic rings. The Morgan fingerprint density at radius 3 is 2.05 bits per heavy atom. The molecule has 0 spiro atoms. The van der Waals surface area contributed by atoms with Crippen molar-refractivity contribution in [2.75, 3.05) is 0 Å². The number of carbonyl (C=O) groups is 1. The van der Waals surface area contributed by atoms with Crippen LogP contribution in [-0.2, 0) is 0 Å². The van der Waals surface area contributed by atoms with Crippen molar-refractivity contribution in [1.82, 2.24) is 19.5 Å². The molecule has 0 unspecified atom stereocenters. The Morgan fingerprint density at radius 2 is 1.35 bits per heavy atom. The lowest BCUT2D eigenvalue weighted by molar-refractivity contribution is -0.386. The largest absolute Gasteiger partial charge is 0.502 e. The number of aryl methyl sites for hydroxylation is 2.